The maximum Gasteiger partial charge on any atom is 0.0760 e. The Labute approximate surface area is 89.8 Å². The lowest BCUT2D eigenvalue weighted by Crippen LogP contribution is -2.13. The van der Waals surface area contributed by atoms with E-state index in [9.17, 15) is 0 Å². The fourth-order valence-electron chi connectivity index (χ4n) is 1.22. The smallest absolute Gasteiger partial charge is 0.0760 e. The lowest BCUT2D eigenvalue weighted by molar-refractivity contribution is 0.679. The van der Waals surface area contributed by atoms with Gasteiger partial charge in [-0.2, -0.15) is 0 Å². The van der Waals surface area contributed by atoms with E-state index in [0.717, 1.165) is 24.1 Å². The van der Waals surface area contributed by atoms with Crippen LogP contribution < -0.4 is 5.73 Å². The van der Waals surface area contributed by atoms with E-state index in [4.69, 9.17) is 17.3 Å². The normalized spacial score (nSPS) is 12.5. The number of halogens is 1. The Bertz CT molecular complexity index is 323. The molecule has 0 saturated carbocycles. The zero-order valence-corrected chi connectivity index (χ0v) is 9.09. The second kappa shape index (κ2) is 5.13. The third-order valence-corrected chi connectivity index (χ3v) is 2.47. The molecule has 0 aliphatic carbocycles. The molecule has 0 saturated heterocycles. The number of aromatic nitrogens is 1. The summed E-state index contributed by atoms with van der Waals surface area (Å²) in [5.74, 6) is 0. The fraction of sp³-hybridized carbons (Fsp3) is 0.364. The van der Waals surface area contributed by atoms with Crippen molar-refractivity contribution >= 4 is 11.6 Å². The highest BCUT2D eigenvalue weighted by Gasteiger charge is 2.11. The molecule has 1 unspecified atom stereocenters. The molecule has 1 aromatic heterocycles. The van der Waals surface area contributed by atoms with Crippen molar-refractivity contribution in [2.75, 3.05) is 0 Å². The minimum Gasteiger partial charge on any atom is -0.322 e. The predicted molar refractivity (Wildman–Crippen MR) is 60.2 cm³/mol. The van der Waals surface area contributed by atoms with Crippen LogP contribution in [0.5, 0.6) is 0 Å². The highest BCUT2D eigenvalue weighted by atomic mass is 35.5. The van der Waals surface area contributed by atoms with E-state index in [0.29, 0.717) is 5.02 Å². The first-order valence-electron chi connectivity index (χ1n) is 4.67. The molecule has 1 aromatic rings. The third-order valence-electron chi connectivity index (χ3n) is 2.15. The summed E-state index contributed by atoms with van der Waals surface area (Å²) < 4.78 is 0. The van der Waals surface area contributed by atoms with Gasteiger partial charge in [-0.05, 0) is 25.0 Å². The van der Waals surface area contributed by atoms with Crippen LogP contribution in [0, 0.1) is 0 Å². The van der Waals surface area contributed by atoms with Gasteiger partial charge in [-0.3, -0.25) is 4.98 Å². The van der Waals surface area contributed by atoms with Crippen LogP contribution in [0.2, 0.25) is 5.02 Å². The Hall–Kier alpha value is -0.860. The monoisotopic (exact) mass is 210 g/mol. The molecule has 76 valence electrons. The molecule has 0 aliphatic rings. The first-order chi connectivity index (χ1) is 6.65. The van der Waals surface area contributed by atoms with E-state index in [1.807, 2.05) is 0 Å². The molecule has 2 nitrogen and oxygen atoms in total. The summed E-state index contributed by atoms with van der Waals surface area (Å²) in [5, 5.41) is 0.629. The number of nitrogens with two attached hydrogens (primary N) is 1. The molecule has 0 radical (unpaired) electrons. The van der Waals surface area contributed by atoms with Crippen molar-refractivity contribution in [1.82, 2.24) is 4.98 Å². The minimum absolute atomic E-state index is 0.142. The van der Waals surface area contributed by atoms with Gasteiger partial charge in [-0.15, -0.1) is 0 Å². The van der Waals surface area contributed by atoms with Crippen molar-refractivity contribution in [3.63, 3.8) is 0 Å². The quantitative estimate of drug-likeness (QED) is 0.776. The molecule has 2 N–H and O–H groups in total. The van der Waals surface area contributed by atoms with E-state index in [2.05, 4.69) is 18.5 Å². The molecule has 0 fully saturated rings. The molecule has 0 aromatic carbocycles. The highest BCUT2D eigenvalue weighted by molar-refractivity contribution is 6.31. The van der Waals surface area contributed by atoms with Gasteiger partial charge in [0, 0.05) is 6.20 Å². The minimum atomic E-state index is -0.142. The summed E-state index contributed by atoms with van der Waals surface area (Å²) >= 11 is 5.97. The summed E-state index contributed by atoms with van der Waals surface area (Å²) in [6, 6.07) is 3.46. The number of pyridine rings is 1. The van der Waals surface area contributed by atoms with E-state index in [-0.39, 0.29) is 6.04 Å². The first-order valence-corrected chi connectivity index (χ1v) is 5.05. The van der Waals surface area contributed by atoms with Gasteiger partial charge in [0.2, 0.25) is 0 Å². The van der Waals surface area contributed by atoms with Crippen molar-refractivity contribution < 1.29 is 0 Å². The molecule has 0 bridgehead atoms. The number of nitrogens with zero attached hydrogens (tertiary/aromatic N) is 1. The Balaban J connectivity index is 2.74. The molecule has 1 heterocycles. The number of hydrogen-bond acceptors (Lipinski definition) is 2. The van der Waals surface area contributed by atoms with Gasteiger partial charge in [0.1, 0.15) is 0 Å². The third kappa shape index (κ3) is 2.82. The second-order valence-electron chi connectivity index (χ2n) is 3.28. The van der Waals surface area contributed by atoms with Crippen molar-refractivity contribution in [2.24, 2.45) is 5.73 Å². The van der Waals surface area contributed by atoms with Crippen molar-refractivity contribution in [3.8, 4) is 0 Å². The van der Waals surface area contributed by atoms with Crippen LogP contribution in [0.1, 0.15) is 31.5 Å². The zero-order valence-electron chi connectivity index (χ0n) is 8.33. The van der Waals surface area contributed by atoms with Gasteiger partial charge in [0.25, 0.3) is 0 Å². The maximum absolute atomic E-state index is 5.97. The van der Waals surface area contributed by atoms with E-state index < -0.39 is 0 Å². The number of hydrogen-bond donors (Lipinski definition) is 1. The van der Waals surface area contributed by atoms with E-state index in [1.165, 1.54) is 0 Å². The van der Waals surface area contributed by atoms with E-state index >= 15 is 0 Å². The van der Waals surface area contributed by atoms with Crippen molar-refractivity contribution in [2.45, 2.75) is 25.8 Å². The lowest BCUT2D eigenvalue weighted by atomic mass is 10.0. The molecular weight excluding hydrogens is 196 g/mol. The van der Waals surface area contributed by atoms with Gasteiger partial charge < -0.3 is 5.73 Å². The summed E-state index contributed by atoms with van der Waals surface area (Å²) in [5.41, 5.74) is 7.84. The highest BCUT2D eigenvalue weighted by Crippen LogP contribution is 2.23. The Morgan fingerprint density at radius 2 is 2.43 bits per heavy atom. The van der Waals surface area contributed by atoms with Gasteiger partial charge in [0.05, 0.1) is 16.8 Å². The van der Waals surface area contributed by atoms with Crippen LogP contribution in [0.4, 0.5) is 0 Å². The molecule has 0 amide bonds. The average Bonchev–Trinajstić information content (AvgIpc) is 2.18. The zero-order chi connectivity index (χ0) is 10.6. The summed E-state index contributed by atoms with van der Waals surface area (Å²) in [4.78, 5) is 4.17. The maximum atomic E-state index is 5.97. The van der Waals surface area contributed by atoms with Crippen molar-refractivity contribution in [3.05, 3.63) is 41.2 Å². The molecule has 1 rings (SSSR count). The van der Waals surface area contributed by atoms with Gasteiger partial charge in [0.15, 0.2) is 0 Å². The summed E-state index contributed by atoms with van der Waals surface area (Å²) in [6.07, 6.45) is 3.39. The number of rotatable bonds is 4. The topological polar surface area (TPSA) is 38.9 Å². The fourth-order valence-corrected chi connectivity index (χ4v) is 1.48. The lowest BCUT2D eigenvalue weighted by Gasteiger charge is -2.12. The molecule has 0 spiro atoms. The first kappa shape index (κ1) is 11.2. The molecule has 1 atom stereocenters. The van der Waals surface area contributed by atoms with Crippen molar-refractivity contribution in [1.29, 1.82) is 0 Å². The standard InChI is InChI=1S/C11H15ClN2/c1-3-8(2)7-10(13)11-9(12)5-4-6-14-11/h4-6,10H,2-3,7,13H2,1H3. The van der Waals surface area contributed by atoms with Crippen LogP contribution in [0.3, 0.4) is 0 Å². The van der Waals surface area contributed by atoms with Gasteiger partial charge in [-0.1, -0.05) is 30.7 Å². The largest absolute Gasteiger partial charge is 0.322 e. The second-order valence-corrected chi connectivity index (χ2v) is 3.69. The Kier molecular flexibility index (Phi) is 4.11. The van der Waals surface area contributed by atoms with Gasteiger partial charge in [-0.25, -0.2) is 0 Å². The van der Waals surface area contributed by atoms with Gasteiger partial charge >= 0.3 is 0 Å². The van der Waals surface area contributed by atoms with Crippen LogP contribution in [-0.2, 0) is 0 Å². The predicted octanol–water partition coefficient (Wildman–Crippen LogP) is 3.09. The van der Waals surface area contributed by atoms with Crippen LogP contribution in [0.15, 0.2) is 30.5 Å². The molecule has 0 aliphatic heterocycles. The Morgan fingerprint density at radius 1 is 1.71 bits per heavy atom. The Morgan fingerprint density at radius 3 is 3.00 bits per heavy atom. The van der Waals surface area contributed by atoms with E-state index in [1.54, 1.807) is 18.3 Å². The molecule has 3 heteroatoms. The van der Waals surface area contributed by atoms with Crippen LogP contribution in [0.25, 0.3) is 0 Å². The van der Waals surface area contributed by atoms with Crippen LogP contribution >= 0.6 is 11.6 Å². The molecule has 14 heavy (non-hydrogen) atoms. The summed E-state index contributed by atoms with van der Waals surface area (Å²) in [6.45, 7) is 5.98. The van der Waals surface area contributed by atoms with Crippen LogP contribution in [-0.4, -0.2) is 4.98 Å². The SMILES string of the molecule is C=C(CC)CC(N)c1ncccc1Cl. The summed E-state index contributed by atoms with van der Waals surface area (Å²) in [7, 11) is 0. The average molecular weight is 211 g/mol. The molecular formula is C11H15ClN2.